The van der Waals surface area contributed by atoms with E-state index in [9.17, 15) is 31.0 Å². The van der Waals surface area contributed by atoms with Crippen LogP contribution in [0.25, 0.3) is 0 Å². The zero-order valence-electron chi connectivity index (χ0n) is 32.9. The molecule has 15 heteroatoms. The molecule has 0 aromatic rings. The van der Waals surface area contributed by atoms with Crippen LogP contribution in [0, 0.1) is 0 Å². The Kier molecular flexibility index (Phi) is 58.2. The Hall–Kier alpha value is 2.80. The molecule has 0 aliphatic carbocycles. The molecular formula is C40H82Na4O9S2. The zero-order valence-corrected chi connectivity index (χ0v) is 34.5. The normalized spacial score (nSPS) is 11.7. The van der Waals surface area contributed by atoms with E-state index in [1.54, 1.807) is 0 Å². The maximum atomic E-state index is 12.2. The molecule has 0 aromatic heterocycles. The Bertz CT molecular complexity index is 1050. The SMILES string of the molecule is CCCCCCCCCCCCCCCCCCS(=O)(=O)OC(=O)CCC(=O)OC(CCCCCCCCCCCCCCCCC)S(=O)(=O)O.[NaH].[NaH].[NaH].[NaH]. The van der Waals surface area contributed by atoms with Crippen molar-refractivity contribution in [3.05, 3.63) is 0 Å². The van der Waals surface area contributed by atoms with Crippen molar-refractivity contribution in [1.82, 2.24) is 0 Å². The van der Waals surface area contributed by atoms with Crippen molar-refractivity contribution in [3.8, 4) is 0 Å². The Balaban J connectivity index is -0.00000208. The first-order valence-corrected chi connectivity index (χ1v) is 24.2. The fraction of sp³-hybridized carbons (Fsp3) is 0.950. The molecule has 0 aromatic carbocycles. The van der Waals surface area contributed by atoms with Gasteiger partial charge in [-0.3, -0.25) is 14.1 Å². The third-order valence-electron chi connectivity index (χ3n) is 9.64. The van der Waals surface area contributed by atoms with Crippen LogP contribution in [0.2, 0.25) is 0 Å². The Morgan fingerprint density at radius 3 is 1.02 bits per heavy atom. The quantitative estimate of drug-likeness (QED) is 0.0211. The summed E-state index contributed by atoms with van der Waals surface area (Å²) < 4.78 is 67.0. The van der Waals surface area contributed by atoms with Gasteiger partial charge in [-0.1, -0.05) is 200 Å². The van der Waals surface area contributed by atoms with Crippen molar-refractivity contribution >= 4 is 150 Å². The first-order valence-electron chi connectivity index (χ1n) is 21.1. The minimum atomic E-state index is -4.63. The predicted molar refractivity (Wildman–Crippen MR) is 238 cm³/mol. The Morgan fingerprint density at radius 2 is 0.709 bits per heavy atom. The zero-order chi connectivity index (χ0) is 37.9. The number of carbonyl (C=O) groups excluding carboxylic acids is 2. The van der Waals surface area contributed by atoms with Crippen LogP contribution in [0.5, 0.6) is 0 Å². The molecule has 0 radical (unpaired) electrons. The molecule has 0 spiro atoms. The molecule has 1 unspecified atom stereocenters. The molecule has 0 fully saturated rings. The first-order chi connectivity index (χ1) is 24.5. The van der Waals surface area contributed by atoms with E-state index in [0.29, 0.717) is 12.8 Å². The van der Waals surface area contributed by atoms with E-state index >= 15 is 0 Å². The fourth-order valence-corrected chi connectivity index (χ4v) is 8.11. The van der Waals surface area contributed by atoms with Gasteiger partial charge in [0, 0.05) is 6.42 Å². The molecule has 0 aliphatic rings. The third kappa shape index (κ3) is 49.3. The van der Waals surface area contributed by atoms with Crippen molar-refractivity contribution in [1.29, 1.82) is 0 Å². The number of hydrogen-bond acceptors (Lipinski definition) is 8. The van der Waals surface area contributed by atoms with Crippen molar-refractivity contribution in [3.63, 3.8) is 0 Å². The van der Waals surface area contributed by atoms with E-state index in [1.165, 1.54) is 135 Å². The number of carbonyl (C=O) groups is 2. The summed E-state index contributed by atoms with van der Waals surface area (Å²) in [5.74, 6) is -2.37. The number of hydrogen-bond donors (Lipinski definition) is 1. The maximum absolute atomic E-state index is 12.2. The van der Waals surface area contributed by atoms with Gasteiger partial charge in [-0.05, 0) is 12.8 Å². The van der Waals surface area contributed by atoms with Crippen LogP contribution in [-0.2, 0) is 38.7 Å². The molecule has 0 saturated carbocycles. The molecule has 1 atom stereocenters. The van der Waals surface area contributed by atoms with Gasteiger partial charge in [0.2, 0.25) is 5.44 Å². The molecule has 0 aliphatic heterocycles. The van der Waals surface area contributed by atoms with Gasteiger partial charge in [-0.25, -0.2) is 0 Å². The monoisotopic (exact) mass is 862 g/mol. The van der Waals surface area contributed by atoms with Crippen LogP contribution >= 0.6 is 0 Å². The first kappa shape index (κ1) is 66.9. The molecular weight excluding hydrogens is 781 g/mol. The topological polar surface area (TPSA) is 141 Å². The van der Waals surface area contributed by atoms with Crippen molar-refractivity contribution in [2.75, 3.05) is 5.75 Å². The summed E-state index contributed by atoms with van der Waals surface area (Å²) in [4.78, 5) is 24.3. The van der Waals surface area contributed by atoms with Crippen LogP contribution in [0.15, 0.2) is 0 Å². The van der Waals surface area contributed by atoms with Gasteiger partial charge in [0.05, 0.1) is 18.6 Å². The van der Waals surface area contributed by atoms with Crippen molar-refractivity contribution in [2.45, 2.75) is 238 Å². The molecule has 1 N–H and O–H groups in total. The second-order valence-corrected chi connectivity index (χ2v) is 17.9. The third-order valence-corrected chi connectivity index (χ3v) is 11.9. The van der Waals surface area contributed by atoms with Crippen molar-refractivity contribution in [2.24, 2.45) is 0 Å². The molecule has 55 heavy (non-hydrogen) atoms. The molecule has 0 saturated heterocycles. The van der Waals surface area contributed by atoms with Gasteiger partial charge < -0.3 is 8.92 Å². The van der Waals surface area contributed by atoms with Crippen LogP contribution in [0.3, 0.4) is 0 Å². The van der Waals surface area contributed by atoms with Crippen LogP contribution in [0.4, 0.5) is 0 Å². The molecule has 312 valence electrons. The molecule has 0 bridgehead atoms. The number of ether oxygens (including phenoxy) is 1. The second kappa shape index (κ2) is 47.8. The summed E-state index contributed by atoms with van der Waals surface area (Å²) in [6.07, 6.45) is 35.0. The molecule has 9 nitrogen and oxygen atoms in total. The van der Waals surface area contributed by atoms with Crippen LogP contribution < -0.4 is 0 Å². The predicted octanol–water partition coefficient (Wildman–Crippen LogP) is 9.33. The standard InChI is InChI=1S/C40H78O9S2.4Na.4H/c1-3-5-7-9-11-13-15-17-19-21-23-25-27-29-31-33-37-50(43,44)49-39(42)36-35-38(41)48-40(51(45,46)47)34-32-30-28-26-24-22-20-18-16-14-12-10-8-6-4-2;;;;;;;;/h40H,3-37H2,1-2H3,(H,45,46,47);;;;;;;;. The Morgan fingerprint density at radius 1 is 0.436 bits per heavy atom. The summed E-state index contributed by atoms with van der Waals surface area (Å²) in [6.45, 7) is 4.48. The van der Waals surface area contributed by atoms with E-state index in [4.69, 9.17) is 4.74 Å². The molecule has 0 heterocycles. The summed E-state index contributed by atoms with van der Waals surface area (Å²) in [6, 6.07) is 0. The molecule has 0 amide bonds. The number of esters is 1. The summed E-state index contributed by atoms with van der Waals surface area (Å²) in [5.41, 5.74) is -1.71. The van der Waals surface area contributed by atoms with Gasteiger partial charge in [0.1, 0.15) is 0 Å². The minimum absolute atomic E-state index is 0. The van der Waals surface area contributed by atoms with E-state index in [-0.39, 0.29) is 130 Å². The summed E-state index contributed by atoms with van der Waals surface area (Å²) >= 11 is 0. The van der Waals surface area contributed by atoms with Gasteiger partial charge >= 0.3 is 150 Å². The molecule has 0 rings (SSSR count). The van der Waals surface area contributed by atoms with E-state index < -0.39 is 50.5 Å². The van der Waals surface area contributed by atoms with E-state index in [0.717, 1.165) is 51.4 Å². The Labute approximate surface area is 428 Å². The van der Waals surface area contributed by atoms with Gasteiger partial charge in [0.25, 0.3) is 0 Å². The number of rotatable bonds is 39. The summed E-state index contributed by atoms with van der Waals surface area (Å²) in [7, 11) is -8.70. The van der Waals surface area contributed by atoms with Gasteiger partial charge in [-0.15, -0.1) is 0 Å². The van der Waals surface area contributed by atoms with Crippen molar-refractivity contribution < 1.29 is 39.9 Å². The van der Waals surface area contributed by atoms with Gasteiger partial charge in [-0.2, -0.15) is 16.8 Å². The second-order valence-electron chi connectivity index (χ2n) is 14.7. The fourth-order valence-electron chi connectivity index (χ4n) is 6.41. The summed E-state index contributed by atoms with van der Waals surface area (Å²) in [5, 5.41) is 0. The average molecular weight is 863 g/mol. The number of unbranched alkanes of at least 4 members (excludes halogenated alkanes) is 29. The van der Waals surface area contributed by atoms with Gasteiger partial charge in [0.15, 0.2) is 0 Å². The van der Waals surface area contributed by atoms with Crippen LogP contribution in [-0.4, -0.2) is 163 Å². The average Bonchev–Trinajstić information content (AvgIpc) is 3.07. The van der Waals surface area contributed by atoms with E-state index in [1.807, 2.05) is 0 Å². The van der Waals surface area contributed by atoms with Crippen LogP contribution in [0.1, 0.15) is 232 Å². The van der Waals surface area contributed by atoms with E-state index in [2.05, 4.69) is 18.0 Å².